The van der Waals surface area contributed by atoms with Crippen molar-refractivity contribution in [2.24, 2.45) is 5.16 Å². The molecule has 0 aliphatic rings. The summed E-state index contributed by atoms with van der Waals surface area (Å²) in [5.41, 5.74) is 0.816. The molecule has 0 atom stereocenters. The number of ketones is 1. The molecular formula is C12H25NO2S2. The number of nitrogens with zero attached hydrogens (tertiary/aromatic N) is 1. The summed E-state index contributed by atoms with van der Waals surface area (Å²) in [5, 5.41) is 11.3. The van der Waals surface area contributed by atoms with Gasteiger partial charge in [-0.25, -0.2) is 0 Å². The van der Waals surface area contributed by atoms with Gasteiger partial charge in [-0.3, -0.25) is 4.79 Å². The van der Waals surface area contributed by atoms with Gasteiger partial charge in [-0.05, 0) is 37.5 Å². The van der Waals surface area contributed by atoms with Crippen LogP contribution < -0.4 is 0 Å². The normalized spacial score (nSPS) is 10.7. The van der Waals surface area contributed by atoms with Gasteiger partial charge in [-0.15, -0.1) is 0 Å². The van der Waals surface area contributed by atoms with E-state index in [1.165, 1.54) is 0 Å². The molecule has 102 valence electrons. The Bertz CT molecular complexity index is 209. The SMILES string of the molecule is CCSCC/C(C)=N/O.CCSCCC(C)=O. The second-order valence-corrected chi connectivity index (χ2v) is 6.22. The van der Waals surface area contributed by atoms with Gasteiger partial charge < -0.3 is 5.21 Å². The lowest BCUT2D eigenvalue weighted by Gasteiger charge is -1.94. The number of carbonyl (C=O) groups excluding carboxylic acids is 1. The second kappa shape index (κ2) is 15.8. The standard InChI is InChI=1S/C6H13NOS.C6H12OS/c1-3-9-5-4-6(2)7-8;1-3-8-5-4-6(2)7/h8H,3-5H2,1-2H3;3-5H2,1-2H3/b7-6+;. The van der Waals surface area contributed by atoms with E-state index in [4.69, 9.17) is 5.21 Å². The maximum absolute atomic E-state index is 10.3. The maximum Gasteiger partial charge on any atom is 0.130 e. The highest BCUT2D eigenvalue weighted by Gasteiger charge is 1.90. The van der Waals surface area contributed by atoms with Crippen LogP contribution in [0.15, 0.2) is 5.16 Å². The highest BCUT2D eigenvalue weighted by Crippen LogP contribution is 2.01. The number of thioether (sulfide) groups is 2. The number of hydrogen-bond acceptors (Lipinski definition) is 5. The average Bonchev–Trinajstić information content (AvgIpc) is 2.30. The van der Waals surface area contributed by atoms with Gasteiger partial charge in [0.15, 0.2) is 0 Å². The molecule has 0 saturated carbocycles. The fraction of sp³-hybridized carbons (Fsp3) is 0.833. The Balaban J connectivity index is 0. The number of hydrogen-bond donors (Lipinski definition) is 1. The Morgan fingerprint density at radius 3 is 1.88 bits per heavy atom. The molecule has 17 heavy (non-hydrogen) atoms. The molecule has 0 aromatic heterocycles. The molecule has 0 aromatic rings. The summed E-state index contributed by atoms with van der Waals surface area (Å²) in [5.74, 6) is 4.61. The zero-order valence-corrected chi connectivity index (χ0v) is 13.0. The Morgan fingerprint density at radius 1 is 1.06 bits per heavy atom. The van der Waals surface area contributed by atoms with Crippen molar-refractivity contribution in [3.63, 3.8) is 0 Å². The molecule has 5 heteroatoms. The zero-order valence-electron chi connectivity index (χ0n) is 11.4. The third-order valence-electron chi connectivity index (χ3n) is 1.79. The quantitative estimate of drug-likeness (QED) is 0.318. The van der Waals surface area contributed by atoms with Gasteiger partial charge in [0.2, 0.25) is 0 Å². The molecule has 0 fully saturated rings. The molecular weight excluding hydrogens is 254 g/mol. The van der Waals surface area contributed by atoms with Gasteiger partial charge in [0.05, 0.1) is 5.71 Å². The van der Waals surface area contributed by atoms with Crippen molar-refractivity contribution in [1.82, 2.24) is 0 Å². The highest BCUT2D eigenvalue weighted by molar-refractivity contribution is 7.99. The van der Waals surface area contributed by atoms with Crippen molar-refractivity contribution in [2.45, 2.75) is 40.5 Å². The fourth-order valence-electron chi connectivity index (χ4n) is 0.774. The third-order valence-corrected chi connectivity index (χ3v) is 3.59. The molecule has 0 amide bonds. The highest BCUT2D eigenvalue weighted by atomic mass is 32.2. The predicted molar refractivity (Wildman–Crippen MR) is 80.8 cm³/mol. The van der Waals surface area contributed by atoms with Crippen molar-refractivity contribution in [3.8, 4) is 0 Å². The summed E-state index contributed by atoms with van der Waals surface area (Å²) < 4.78 is 0. The topological polar surface area (TPSA) is 49.7 Å². The lowest BCUT2D eigenvalue weighted by molar-refractivity contribution is -0.116. The Hall–Kier alpha value is -0.160. The van der Waals surface area contributed by atoms with E-state index in [2.05, 4.69) is 19.0 Å². The molecule has 1 N–H and O–H groups in total. The molecule has 0 rings (SSSR count). The largest absolute Gasteiger partial charge is 0.411 e. The molecule has 0 heterocycles. The molecule has 0 aliphatic heterocycles. The average molecular weight is 279 g/mol. The van der Waals surface area contributed by atoms with E-state index in [1.54, 1.807) is 6.92 Å². The smallest absolute Gasteiger partial charge is 0.130 e. The minimum Gasteiger partial charge on any atom is -0.411 e. The van der Waals surface area contributed by atoms with Crippen LogP contribution in [0.2, 0.25) is 0 Å². The van der Waals surface area contributed by atoms with E-state index in [1.807, 2.05) is 30.4 Å². The molecule has 0 unspecified atom stereocenters. The van der Waals surface area contributed by atoms with Crippen LogP contribution in [0.25, 0.3) is 0 Å². The van der Waals surface area contributed by atoms with E-state index in [9.17, 15) is 4.79 Å². The second-order valence-electron chi connectivity index (χ2n) is 3.43. The Labute approximate surface area is 114 Å². The minimum absolute atomic E-state index is 0.297. The van der Waals surface area contributed by atoms with Crippen LogP contribution in [0.3, 0.4) is 0 Å². The summed E-state index contributed by atoms with van der Waals surface area (Å²) in [6.07, 6.45) is 1.63. The van der Waals surface area contributed by atoms with Crippen LogP contribution in [0.5, 0.6) is 0 Å². The van der Waals surface area contributed by atoms with Gasteiger partial charge in [-0.2, -0.15) is 23.5 Å². The first-order chi connectivity index (χ1) is 8.08. The van der Waals surface area contributed by atoms with Gasteiger partial charge >= 0.3 is 0 Å². The van der Waals surface area contributed by atoms with Crippen molar-refractivity contribution in [1.29, 1.82) is 0 Å². The number of Topliss-reactive ketones (excluding diaryl/α,β-unsaturated/α-hetero) is 1. The van der Waals surface area contributed by atoms with Crippen LogP contribution in [0.4, 0.5) is 0 Å². The van der Waals surface area contributed by atoms with Gasteiger partial charge in [0, 0.05) is 12.2 Å². The summed E-state index contributed by atoms with van der Waals surface area (Å²) in [4.78, 5) is 10.3. The Kier molecular flexibility index (Phi) is 17.9. The van der Waals surface area contributed by atoms with Crippen LogP contribution in [0, 0.1) is 0 Å². The van der Waals surface area contributed by atoms with Crippen LogP contribution in [0.1, 0.15) is 40.5 Å². The van der Waals surface area contributed by atoms with Crippen molar-refractivity contribution in [3.05, 3.63) is 0 Å². The maximum atomic E-state index is 10.3. The first kappa shape index (κ1) is 19.2. The third kappa shape index (κ3) is 21.6. The summed E-state index contributed by atoms with van der Waals surface area (Å²) >= 11 is 3.68. The summed E-state index contributed by atoms with van der Waals surface area (Å²) in [6, 6.07) is 0. The number of carbonyl (C=O) groups is 1. The van der Waals surface area contributed by atoms with Crippen LogP contribution in [-0.4, -0.2) is 39.7 Å². The molecule has 0 aromatic carbocycles. The van der Waals surface area contributed by atoms with Crippen molar-refractivity contribution < 1.29 is 10.0 Å². The summed E-state index contributed by atoms with van der Waals surface area (Å²) in [7, 11) is 0. The van der Waals surface area contributed by atoms with E-state index in [0.717, 1.165) is 41.6 Å². The van der Waals surface area contributed by atoms with Crippen LogP contribution >= 0.6 is 23.5 Å². The zero-order chi connectivity index (χ0) is 13.5. The molecule has 0 bridgehead atoms. The first-order valence-corrected chi connectivity index (χ1v) is 8.21. The van der Waals surface area contributed by atoms with E-state index in [-0.39, 0.29) is 0 Å². The number of rotatable bonds is 8. The fourth-order valence-corrected chi connectivity index (χ4v) is 2.22. The molecule has 0 aliphatic carbocycles. The molecule has 0 radical (unpaired) electrons. The number of oxime groups is 1. The summed E-state index contributed by atoms with van der Waals surface area (Å²) in [6.45, 7) is 7.69. The van der Waals surface area contributed by atoms with Crippen LogP contribution in [-0.2, 0) is 4.79 Å². The lowest BCUT2D eigenvalue weighted by atomic mass is 10.3. The van der Waals surface area contributed by atoms with E-state index >= 15 is 0 Å². The molecule has 3 nitrogen and oxygen atoms in total. The minimum atomic E-state index is 0.297. The molecule has 0 saturated heterocycles. The van der Waals surface area contributed by atoms with Crippen molar-refractivity contribution in [2.75, 3.05) is 23.0 Å². The van der Waals surface area contributed by atoms with Gasteiger partial charge in [0.25, 0.3) is 0 Å². The molecule has 0 spiro atoms. The first-order valence-electron chi connectivity index (χ1n) is 5.90. The predicted octanol–water partition coefficient (Wildman–Crippen LogP) is 3.70. The Morgan fingerprint density at radius 2 is 1.53 bits per heavy atom. The van der Waals surface area contributed by atoms with Gasteiger partial charge in [-0.1, -0.05) is 19.0 Å². The van der Waals surface area contributed by atoms with E-state index in [0.29, 0.717) is 5.78 Å². The van der Waals surface area contributed by atoms with Gasteiger partial charge in [0.1, 0.15) is 5.78 Å². The monoisotopic (exact) mass is 279 g/mol. The lowest BCUT2D eigenvalue weighted by Crippen LogP contribution is -1.92. The van der Waals surface area contributed by atoms with E-state index < -0.39 is 0 Å². The van der Waals surface area contributed by atoms with Crippen molar-refractivity contribution >= 4 is 35.0 Å².